The van der Waals surface area contributed by atoms with E-state index in [4.69, 9.17) is 5.41 Å². The first-order valence-corrected chi connectivity index (χ1v) is 3.69. The normalized spacial score (nSPS) is 9.75. The van der Waals surface area contributed by atoms with Gasteiger partial charge in [0.2, 0.25) is 5.62 Å². The van der Waals surface area contributed by atoms with E-state index in [1.807, 2.05) is 6.92 Å². The lowest BCUT2D eigenvalue weighted by Gasteiger charge is -2.04. The lowest BCUT2D eigenvalue weighted by Crippen LogP contribution is -2.35. The molecular weight excluding hydrogens is 154 g/mol. The van der Waals surface area contributed by atoms with Crippen LogP contribution in [-0.2, 0) is 6.54 Å². The molecule has 0 saturated carbocycles. The smallest absolute Gasteiger partial charge is 0.258 e. The van der Waals surface area contributed by atoms with Gasteiger partial charge in [-0.1, -0.05) is 6.58 Å². The quantitative estimate of drug-likeness (QED) is 0.671. The fourth-order valence-corrected chi connectivity index (χ4v) is 0.979. The molecule has 0 unspecified atom stereocenters. The van der Waals surface area contributed by atoms with Crippen molar-refractivity contribution in [2.45, 2.75) is 13.5 Å². The average molecular weight is 165 g/mol. The Labute approximate surface area is 69.9 Å². The molecule has 12 heavy (non-hydrogen) atoms. The lowest BCUT2D eigenvalue weighted by atomic mass is 10.6. The standard InChI is InChI=1S/C8H11N3O/c1-3-10-6-5-7(12)11(4-2)8(10)9/h4-6,9H,2-3H2,1H3. The summed E-state index contributed by atoms with van der Waals surface area (Å²) in [7, 11) is 0. The maximum absolute atomic E-state index is 11.1. The topological polar surface area (TPSA) is 50.8 Å². The highest BCUT2D eigenvalue weighted by atomic mass is 16.1. The van der Waals surface area contributed by atoms with Crippen LogP contribution in [0.1, 0.15) is 6.92 Å². The van der Waals surface area contributed by atoms with Gasteiger partial charge < -0.3 is 4.57 Å². The first kappa shape index (κ1) is 8.52. The van der Waals surface area contributed by atoms with Crippen LogP contribution < -0.4 is 11.2 Å². The summed E-state index contributed by atoms with van der Waals surface area (Å²) >= 11 is 0. The molecule has 1 rings (SSSR count). The van der Waals surface area contributed by atoms with E-state index in [0.29, 0.717) is 6.54 Å². The van der Waals surface area contributed by atoms with Crippen molar-refractivity contribution in [3.8, 4) is 0 Å². The highest BCUT2D eigenvalue weighted by Crippen LogP contribution is 1.77. The number of rotatable bonds is 2. The Morgan fingerprint density at radius 1 is 1.75 bits per heavy atom. The van der Waals surface area contributed by atoms with Gasteiger partial charge in [-0.25, -0.2) is 0 Å². The zero-order valence-electron chi connectivity index (χ0n) is 6.95. The third kappa shape index (κ3) is 1.23. The summed E-state index contributed by atoms with van der Waals surface area (Å²) in [6, 6.07) is 1.42. The number of aromatic nitrogens is 2. The van der Waals surface area contributed by atoms with E-state index < -0.39 is 0 Å². The molecule has 4 heteroatoms. The van der Waals surface area contributed by atoms with E-state index in [-0.39, 0.29) is 11.2 Å². The Hall–Kier alpha value is -1.58. The molecule has 1 aromatic rings. The highest BCUT2D eigenvalue weighted by Gasteiger charge is 1.95. The molecular formula is C8H11N3O. The van der Waals surface area contributed by atoms with Crippen LogP contribution >= 0.6 is 0 Å². The van der Waals surface area contributed by atoms with Crippen LogP contribution in [0.5, 0.6) is 0 Å². The minimum Gasteiger partial charge on any atom is -0.319 e. The maximum Gasteiger partial charge on any atom is 0.258 e. The first-order valence-electron chi connectivity index (χ1n) is 3.69. The molecule has 4 nitrogen and oxygen atoms in total. The SMILES string of the molecule is C=Cn1c(=O)ccn(CC)c1=N. The highest BCUT2D eigenvalue weighted by molar-refractivity contribution is 5.14. The van der Waals surface area contributed by atoms with Gasteiger partial charge in [0, 0.05) is 25.0 Å². The van der Waals surface area contributed by atoms with Crippen LogP contribution in [0.3, 0.4) is 0 Å². The molecule has 0 radical (unpaired) electrons. The number of hydrogen-bond donors (Lipinski definition) is 1. The second-order valence-corrected chi connectivity index (χ2v) is 2.32. The fourth-order valence-electron chi connectivity index (χ4n) is 0.979. The van der Waals surface area contributed by atoms with E-state index in [1.54, 1.807) is 10.8 Å². The van der Waals surface area contributed by atoms with E-state index >= 15 is 0 Å². The Balaban J connectivity index is 3.56. The summed E-state index contributed by atoms with van der Waals surface area (Å²) in [5, 5.41) is 7.54. The summed E-state index contributed by atoms with van der Waals surface area (Å²) in [6.07, 6.45) is 2.95. The van der Waals surface area contributed by atoms with Crippen molar-refractivity contribution in [1.82, 2.24) is 9.13 Å². The van der Waals surface area contributed by atoms with Gasteiger partial charge in [0.15, 0.2) is 0 Å². The molecule has 0 fully saturated rings. The van der Waals surface area contributed by atoms with Crippen molar-refractivity contribution in [2.24, 2.45) is 0 Å². The fraction of sp³-hybridized carbons (Fsp3) is 0.250. The minimum atomic E-state index is -0.222. The van der Waals surface area contributed by atoms with Crippen molar-refractivity contribution >= 4 is 6.20 Å². The summed E-state index contributed by atoms with van der Waals surface area (Å²) < 4.78 is 2.85. The van der Waals surface area contributed by atoms with E-state index in [0.717, 1.165) is 0 Å². The van der Waals surface area contributed by atoms with Gasteiger partial charge in [0.05, 0.1) is 0 Å². The van der Waals surface area contributed by atoms with Gasteiger partial charge in [-0.2, -0.15) is 0 Å². The molecule has 0 bridgehead atoms. The molecule has 0 aromatic carbocycles. The summed E-state index contributed by atoms with van der Waals surface area (Å²) in [6.45, 7) is 6.04. The molecule has 1 heterocycles. The molecule has 1 N–H and O–H groups in total. The predicted octanol–water partition coefficient (Wildman–Crippen LogP) is 0.250. The second-order valence-electron chi connectivity index (χ2n) is 2.32. The number of hydrogen-bond acceptors (Lipinski definition) is 2. The molecule has 0 amide bonds. The first-order chi connectivity index (χ1) is 5.70. The van der Waals surface area contributed by atoms with Crippen LogP contribution in [0.2, 0.25) is 0 Å². The van der Waals surface area contributed by atoms with Crippen LogP contribution in [0, 0.1) is 5.41 Å². The Kier molecular flexibility index (Phi) is 2.28. The predicted molar refractivity (Wildman–Crippen MR) is 46.6 cm³/mol. The molecule has 0 spiro atoms. The largest absolute Gasteiger partial charge is 0.319 e. The van der Waals surface area contributed by atoms with Crippen molar-refractivity contribution in [3.63, 3.8) is 0 Å². The Morgan fingerprint density at radius 3 is 2.92 bits per heavy atom. The van der Waals surface area contributed by atoms with Crippen LogP contribution in [0.4, 0.5) is 0 Å². The number of nitrogens with one attached hydrogen (secondary N) is 1. The molecule has 64 valence electrons. The van der Waals surface area contributed by atoms with Gasteiger partial charge in [-0.05, 0) is 6.92 Å². The van der Waals surface area contributed by atoms with Crippen LogP contribution in [0.25, 0.3) is 6.20 Å². The lowest BCUT2D eigenvalue weighted by molar-refractivity contribution is 0.639. The molecule has 0 aliphatic rings. The van der Waals surface area contributed by atoms with Crippen molar-refractivity contribution in [1.29, 1.82) is 5.41 Å². The van der Waals surface area contributed by atoms with E-state index in [1.165, 1.54) is 16.8 Å². The zero-order chi connectivity index (χ0) is 9.14. The van der Waals surface area contributed by atoms with Crippen LogP contribution in [-0.4, -0.2) is 9.13 Å². The molecule has 0 aliphatic carbocycles. The monoisotopic (exact) mass is 165 g/mol. The van der Waals surface area contributed by atoms with Gasteiger partial charge >= 0.3 is 0 Å². The maximum atomic E-state index is 11.1. The Bertz CT molecular complexity index is 399. The molecule has 0 atom stereocenters. The van der Waals surface area contributed by atoms with Crippen molar-refractivity contribution in [2.75, 3.05) is 0 Å². The molecule has 1 aromatic heterocycles. The summed E-state index contributed by atoms with van der Waals surface area (Å²) in [5.74, 6) is 0. The van der Waals surface area contributed by atoms with Crippen molar-refractivity contribution in [3.05, 3.63) is 34.8 Å². The molecule has 0 aliphatic heterocycles. The van der Waals surface area contributed by atoms with E-state index in [2.05, 4.69) is 6.58 Å². The molecule has 0 saturated heterocycles. The van der Waals surface area contributed by atoms with Crippen molar-refractivity contribution < 1.29 is 0 Å². The third-order valence-corrected chi connectivity index (χ3v) is 1.66. The average Bonchev–Trinajstić information content (AvgIpc) is 2.06. The summed E-state index contributed by atoms with van der Waals surface area (Å²) in [4.78, 5) is 11.1. The summed E-state index contributed by atoms with van der Waals surface area (Å²) in [5.41, 5.74) is -0.0697. The number of nitrogens with zero attached hydrogens (tertiary/aromatic N) is 2. The second kappa shape index (κ2) is 3.21. The van der Waals surface area contributed by atoms with Gasteiger partial charge in [0.1, 0.15) is 0 Å². The zero-order valence-corrected chi connectivity index (χ0v) is 6.95. The van der Waals surface area contributed by atoms with Gasteiger partial charge in [0.25, 0.3) is 5.56 Å². The van der Waals surface area contributed by atoms with E-state index in [9.17, 15) is 4.79 Å². The Morgan fingerprint density at radius 2 is 2.42 bits per heavy atom. The third-order valence-electron chi connectivity index (χ3n) is 1.66. The van der Waals surface area contributed by atoms with Crippen LogP contribution in [0.15, 0.2) is 23.6 Å². The van der Waals surface area contributed by atoms with Gasteiger partial charge in [-0.3, -0.25) is 14.8 Å². The van der Waals surface area contributed by atoms with Gasteiger partial charge in [-0.15, -0.1) is 0 Å². The number of aryl methyl sites for hydroxylation is 1. The minimum absolute atomic E-state index is 0.153.